The van der Waals surface area contributed by atoms with Crippen molar-refractivity contribution in [3.05, 3.63) is 17.5 Å². The predicted octanol–water partition coefficient (Wildman–Crippen LogP) is 0.637. The third-order valence-electron chi connectivity index (χ3n) is 3.20. The summed E-state index contributed by atoms with van der Waals surface area (Å²) in [6, 6.07) is 0.610. The number of aliphatic imine (C=N–C) groups is 1. The van der Waals surface area contributed by atoms with Gasteiger partial charge in [0, 0.05) is 31.4 Å². The second-order valence-corrected chi connectivity index (χ2v) is 4.40. The van der Waals surface area contributed by atoms with Gasteiger partial charge in [-0.1, -0.05) is 0 Å². The van der Waals surface area contributed by atoms with Gasteiger partial charge < -0.3 is 10.6 Å². The molecule has 0 aromatic carbocycles. The van der Waals surface area contributed by atoms with Gasteiger partial charge in [-0.2, -0.15) is 5.10 Å². The fourth-order valence-electron chi connectivity index (χ4n) is 1.63. The maximum absolute atomic E-state index is 5.91. The Hall–Kier alpha value is -1.52. The van der Waals surface area contributed by atoms with Crippen LogP contribution in [0.2, 0.25) is 0 Å². The van der Waals surface area contributed by atoms with Gasteiger partial charge in [0.2, 0.25) is 0 Å². The quantitative estimate of drug-likeness (QED) is 0.602. The van der Waals surface area contributed by atoms with Crippen LogP contribution in [0.1, 0.15) is 24.1 Å². The van der Waals surface area contributed by atoms with Crippen LogP contribution in [0.5, 0.6) is 0 Å². The minimum Gasteiger partial charge on any atom is -0.370 e. The molecular formula is C11H19N5. The van der Waals surface area contributed by atoms with Crippen LogP contribution < -0.4 is 5.73 Å². The first-order valence-electron chi connectivity index (χ1n) is 5.60. The summed E-state index contributed by atoms with van der Waals surface area (Å²) >= 11 is 0. The Kier molecular flexibility index (Phi) is 2.85. The third-order valence-corrected chi connectivity index (χ3v) is 3.20. The summed E-state index contributed by atoms with van der Waals surface area (Å²) < 4.78 is 1.85. The van der Waals surface area contributed by atoms with E-state index < -0.39 is 0 Å². The second-order valence-electron chi connectivity index (χ2n) is 4.40. The van der Waals surface area contributed by atoms with Crippen LogP contribution in [0.15, 0.2) is 11.2 Å². The monoisotopic (exact) mass is 221 g/mol. The van der Waals surface area contributed by atoms with E-state index in [0.717, 1.165) is 11.3 Å². The number of nitrogens with two attached hydrogens (primary N) is 1. The van der Waals surface area contributed by atoms with Gasteiger partial charge in [0.05, 0.1) is 12.7 Å². The maximum Gasteiger partial charge on any atom is 0.191 e. The zero-order chi connectivity index (χ0) is 11.7. The molecule has 0 saturated heterocycles. The van der Waals surface area contributed by atoms with E-state index >= 15 is 0 Å². The fourth-order valence-corrected chi connectivity index (χ4v) is 1.63. The lowest BCUT2D eigenvalue weighted by Gasteiger charge is -2.16. The Labute approximate surface area is 95.9 Å². The van der Waals surface area contributed by atoms with E-state index in [1.54, 1.807) is 0 Å². The van der Waals surface area contributed by atoms with Gasteiger partial charge in [-0.25, -0.2) is 4.99 Å². The van der Waals surface area contributed by atoms with E-state index in [1.165, 1.54) is 12.8 Å². The molecule has 5 heteroatoms. The lowest BCUT2D eigenvalue weighted by Crippen LogP contribution is -2.35. The lowest BCUT2D eigenvalue weighted by molar-refractivity contribution is 0.487. The number of nitrogens with zero attached hydrogens (tertiary/aromatic N) is 4. The smallest absolute Gasteiger partial charge is 0.191 e. The molecule has 1 aromatic heterocycles. The van der Waals surface area contributed by atoms with E-state index in [1.807, 2.05) is 31.9 Å². The number of aromatic nitrogens is 2. The topological polar surface area (TPSA) is 59.4 Å². The van der Waals surface area contributed by atoms with Crippen molar-refractivity contribution < 1.29 is 0 Å². The molecule has 1 aliphatic carbocycles. The van der Waals surface area contributed by atoms with Gasteiger partial charge in [0.1, 0.15) is 0 Å². The van der Waals surface area contributed by atoms with E-state index in [4.69, 9.17) is 5.73 Å². The molecular weight excluding hydrogens is 202 g/mol. The highest BCUT2D eigenvalue weighted by Crippen LogP contribution is 2.24. The number of guanidine groups is 1. The molecule has 0 aliphatic heterocycles. The van der Waals surface area contributed by atoms with Crippen molar-refractivity contribution in [1.29, 1.82) is 0 Å². The number of aryl methyl sites for hydroxylation is 1. The van der Waals surface area contributed by atoms with Crippen molar-refractivity contribution >= 4 is 5.96 Å². The third kappa shape index (κ3) is 2.18. The minimum absolute atomic E-state index is 0.610. The van der Waals surface area contributed by atoms with Crippen molar-refractivity contribution in [2.45, 2.75) is 32.4 Å². The molecule has 0 unspecified atom stereocenters. The average molecular weight is 221 g/mol. The fraction of sp³-hybridized carbons (Fsp3) is 0.636. The molecule has 0 atom stereocenters. The van der Waals surface area contributed by atoms with Crippen LogP contribution in [0.3, 0.4) is 0 Å². The summed E-state index contributed by atoms with van der Waals surface area (Å²) in [7, 11) is 3.94. The van der Waals surface area contributed by atoms with E-state index in [9.17, 15) is 0 Å². The first-order valence-corrected chi connectivity index (χ1v) is 5.60. The minimum atomic E-state index is 0.610. The highest BCUT2D eigenvalue weighted by Gasteiger charge is 2.27. The summed E-state index contributed by atoms with van der Waals surface area (Å²) in [6.45, 7) is 2.65. The SMILES string of the molecule is Cc1c(CN=C(N)N(C)C2CC2)cnn1C. The molecule has 1 saturated carbocycles. The summed E-state index contributed by atoms with van der Waals surface area (Å²) in [5.74, 6) is 0.630. The average Bonchev–Trinajstić information content (AvgIpc) is 3.06. The van der Waals surface area contributed by atoms with Crippen LogP contribution in [0, 0.1) is 6.92 Å². The molecule has 1 heterocycles. The zero-order valence-corrected chi connectivity index (χ0v) is 10.1. The molecule has 2 rings (SSSR count). The molecule has 0 bridgehead atoms. The first kappa shape index (κ1) is 11.0. The Morgan fingerprint density at radius 2 is 2.38 bits per heavy atom. The Morgan fingerprint density at radius 1 is 1.69 bits per heavy atom. The second kappa shape index (κ2) is 4.15. The highest BCUT2D eigenvalue weighted by molar-refractivity contribution is 5.78. The van der Waals surface area contributed by atoms with Gasteiger partial charge in [0.25, 0.3) is 0 Å². The molecule has 1 fully saturated rings. The van der Waals surface area contributed by atoms with Gasteiger partial charge in [-0.15, -0.1) is 0 Å². The lowest BCUT2D eigenvalue weighted by atomic mass is 10.3. The van der Waals surface area contributed by atoms with E-state index in [2.05, 4.69) is 15.0 Å². The zero-order valence-electron chi connectivity index (χ0n) is 10.1. The number of hydrogen-bond acceptors (Lipinski definition) is 2. The van der Waals surface area contributed by atoms with Crippen LogP contribution >= 0.6 is 0 Å². The summed E-state index contributed by atoms with van der Waals surface area (Å²) in [5, 5.41) is 4.18. The largest absolute Gasteiger partial charge is 0.370 e. The van der Waals surface area contributed by atoms with Gasteiger partial charge in [-0.3, -0.25) is 4.68 Å². The first-order chi connectivity index (χ1) is 7.59. The molecule has 1 aromatic rings. The summed E-state index contributed by atoms with van der Waals surface area (Å²) in [4.78, 5) is 6.46. The predicted molar refractivity (Wildman–Crippen MR) is 64.1 cm³/mol. The van der Waals surface area contributed by atoms with E-state index in [-0.39, 0.29) is 0 Å². The molecule has 0 radical (unpaired) electrons. The molecule has 88 valence electrons. The molecule has 16 heavy (non-hydrogen) atoms. The molecule has 0 amide bonds. The summed E-state index contributed by atoms with van der Waals surface area (Å²) in [5.41, 5.74) is 8.19. The Balaban J connectivity index is 1.99. The van der Waals surface area contributed by atoms with Crippen LogP contribution in [0.4, 0.5) is 0 Å². The standard InChI is InChI=1S/C11H19N5/c1-8-9(7-14-16(8)3)6-13-11(12)15(2)10-4-5-10/h7,10H,4-6H2,1-3H3,(H2,12,13). The van der Waals surface area contributed by atoms with Crippen molar-refractivity contribution in [3.8, 4) is 0 Å². The Bertz CT molecular complexity index is 403. The van der Waals surface area contributed by atoms with Gasteiger partial charge in [-0.05, 0) is 19.8 Å². The van der Waals surface area contributed by atoms with Crippen LogP contribution in [0.25, 0.3) is 0 Å². The van der Waals surface area contributed by atoms with E-state index in [0.29, 0.717) is 18.5 Å². The van der Waals surface area contributed by atoms with Gasteiger partial charge in [0.15, 0.2) is 5.96 Å². The molecule has 5 nitrogen and oxygen atoms in total. The number of hydrogen-bond donors (Lipinski definition) is 1. The normalized spacial score (nSPS) is 16.6. The highest BCUT2D eigenvalue weighted by atomic mass is 15.3. The molecule has 0 spiro atoms. The van der Waals surface area contributed by atoms with Gasteiger partial charge >= 0.3 is 0 Å². The van der Waals surface area contributed by atoms with Crippen LogP contribution in [-0.4, -0.2) is 33.7 Å². The summed E-state index contributed by atoms with van der Waals surface area (Å²) in [6.07, 6.45) is 4.32. The molecule has 2 N–H and O–H groups in total. The number of rotatable bonds is 3. The van der Waals surface area contributed by atoms with Crippen molar-refractivity contribution in [2.24, 2.45) is 17.8 Å². The van der Waals surface area contributed by atoms with Crippen LogP contribution in [-0.2, 0) is 13.6 Å². The van der Waals surface area contributed by atoms with Crippen molar-refractivity contribution in [2.75, 3.05) is 7.05 Å². The molecule has 1 aliphatic rings. The maximum atomic E-state index is 5.91. The van der Waals surface area contributed by atoms with Crippen molar-refractivity contribution in [1.82, 2.24) is 14.7 Å². The van der Waals surface area contributed by atoms with Crippen molar-refractivity contribution in [3.63, 3.8) is 0 Å². The Morgan fingerprint density at radius 3 is 2.88 bits per heavy atom.